The maximum absolute atomic E-state index is 12.5. The number of anilines is 1. The highest BCUT2D eigenvalue weighted by Crippen LogP contribution is 2.26. The Hall–Kier alpha value is -2.49. The monoisotopic (exact) mass is 418 g/mol. The fourth-order valence-corrected chi connectivity index (χ4v) is 5.13. The lowest BCUT2D eigenvalue weighted by molar-refractivity contribution is 0.0962. The third-order valence-corrected chi connectivity index (χ3v) is 7.28. The zero-order valence-corrected chi connectivity index (χ0v) is 17.5. The molecule has 0 saturated carbocycles. The number of sulfonamides is 1. The summed E-state index contributed by atoms with van der Waals surface area (Å²) in [6.07, 6.45) is 0. The van der Waals surface area contributed by atoms with E-state index in [1.807, 2.05) is 25.1 Å². The third kappa shape index (κ3) is 4.16. The molecule has 28 heavy (non-hydrogen) atoms. The van der Waals surface area contributed by atoms with Crippen LogP contribution in [0.15, 0.2) is 47.4 Å². The Bertz CT molecular complexity index is 1090. The van der Waals surface area contributed by atoms with Crippen molar-refractivity contribution < 1.29 is 13.2 Å². The van der Waals surface area contributed by atoms with E-state index in [9.17, 15) is 13.2 Å². The number of hydrogen-bond acceptors (Lipinski definition) is 6. The summed E-state index contributed by atoms with van der Waals surface area (Å²) in [5, 5.41) is 0.578. The van der Waals surface area contributed by atoms with E-state index < -0.39 is 10.0 Å². The first kappa shape index (κ1) is 20.2. The summed E-state index contributed by atoms with van der Waals surface area (Å²) >= 11 is 1.44. The number of carbonyl (C=O) groups is 1. The Labute approximate surface area is 168 Å². The van der Waals surface area contributed by atoms with Gasteiger partial charge in [-0.3, -0.25) is 15.6 Å². The third-order valence-electron chi connectivity index (χ3n) is 4.29. The van der Waals surface area contributed by atoms with Crippen molar-refractivity contribution in [3.05, 3.63) is 53.6 Å². The number of amides is 1. The Morgan fingerprint density at radius 1 is 1.11 bits per heavy atom. The molecular formula is C19H22N4O3S2. The van der Waals surface area contributed by atoms with E-state index >= 15 is 0 Å². The van der Waals surface area contributed by atoms with Gasteiger partial charge in [-0.15, -0.1) is 0 Å². The van der Waals surface area contributed by atoms with Gasteiger partial charge in [-0.05, 0) is 48.9 Å². The van der Waals surface area contributed by atoms with Crippen molar-refractivity contribution >= 4 is 42.6 Å². The SMILES string of the molecule is CCN(CC)S(=O)(=O)c1ccc(C(=O)NNc2nc3ccc(C)cc3s2)cc1. The molecule has 0 radical (unpaired) electrons. The number of rotatable bonds is 7. The second kappa shape index (κ2) is 8.26. The fourth-order valence-electron chi connectivity index (χ4n) is 2.76. The number of nitrogens with zero attached hydrogens (tertiary/aromatic N) is 2. The van der Waals surface area contributed by atoms with Gasteiger partial charge in [0.25, 0.3) is 5.91 Å². The smallest absolute Gasteiger partial charge is 0.269 e. The average molecular weight is 419 g/mol. The van der Waals surface area contributed by atoms with Crippen LogP contribution in [-0.2, 0) is 10.0 Å². The standard InChI is InChI=1S/C19H22N4O3S2/c1-4-23(5-2)28(25,26)15-9-7-14(8-10-15)18(24)21-22-19-20-16-11-6-13(3)12-17(16)27-19/h6-12H,4-5H2,1-3H3,(H,20,22)(H,21,24). The van der Waals surface area contributed by atoms with Gasteiger partial charge in [-0.25, -0.2) is 13.4 Å². The summed E-state index contributed by atoms with van der Waals surface area (Å²) in [5.41, 5.74) is 7.76. The lowest BCUT2D eigenvalue weighted by atomic mass is 10.2. The minimum Gasteiger partial charge on any atom is -0.273 e. The maximum atomic E-state index is 12.5. The van der Waals surface area contributed by atoms with Crippen molar-refractivity contribution in [2.75, 3.05) is 18.5 Å². The molecule has 7 nitrogen and oxygen atoms in total. The minimum atomic E-state index is -3.54. The van der Waals surface area contributed by atoms with Crippen LogP contribution in [0.5, 0.6) is 0 Å². The largest absolute Gasteiger partial charge is 0.273 e. The second-order valence-electron chi connectivity index (χ2n) is 6.18. The van der Waals surface area contributed by atoms with Crippen LogP contribution >= 0.6 is 11.3 Å². The normalized spacial score (nSPS) is 11.7. The number of nitrogens with one attached hydrogen (secondary N) is 2. The maximum Gasteiger partial charge on any atom is 0.269 e. The zero-order valence-electron chi connectivity index (χ0n) is 15.9. The van der Waals surface area contributed by atoms with Crippen molar-refractivity contribution in [2.45, 2.75) is 25.7 Å². The van der Waals surface area contributed by atoms with Crippen LogP contribution in [0, 0.1) is 6.92 Å². The van der Waals surface area contributed by atoms with Crippen molar-refractivity contribution in [2.24, 2.45) is 0 Å². The molecule has 3 aromatic rings. The number of carbonyl (C=O) groups excluding carboxylic acids is 1. The van der Waals surface area contributed by atoms with Gasteiger partial charge >= 0.3 is 0 Å². The fraction of sp³-hybridized carbons (Fsp3) is 0.263. The molecule has 148 valence electrons. The molecule has 9 heteroatoms. The Balaban J connectivity index is 1.69. The molecule has 2 N–H and O–H groups in total. The highest BCUT2D eigenvalue weighted by atomic mass is 32.2. The number of hydrogen-bond donors (Lipinski definition) is 2. The van der Waals surface area contributed by atoms with Crippen LogP contribution < -0.4 is 10.9 Å². The molecule has 0 bridgehead atoms. The second-order valence-corrected chi connectivity index (χ2v) is 9.15. The van der Waals surface area contributed by atoms with Crippen molar-refractivity contribution in [3.8, 4) is 0 Å². The molecule has 0 saturated heterocycles. The zero-order chi connectivity index (χ0) is 20.3. The molecule has 0 aliphatic carbocycles. The van der Waals surface area contributed by atoms with E-state index in [0.29, 0.717) is 23.8 Å². The first-order chi connectivity index (χ1) is 13.3. The summed E-state index contributed by atoms with van der Waals surface area (Å²) < 4.78 is 27.4. The summed E-state index contributed by atoms with van der Waals surface area (Å²) in [4.78, 5) is 16.9. The number of fused-ring (bicyclic) bond motifs is 1. The van der Waals surface area contributed by atoms with Gasteiger partial charge in [0.2, 0.25) is 15.2 Å². The van der Waals surface area contributed by atoms with Crippen molar-refractivity contribution in [1.82, 2.24) is 14.7 Å². The molecule has 1 aromatic heterocycles. The molecule has 1 amide bonds. The Morgan fingerprint density at radius 3 is 2.43 bits per heavy atom. The van der Waals surface area contributed by atoms with Crippen LogP contribution in [0.4, 0.5) is 5.13 Å². The van der Waals surface area contributed by atoms with Crippen LogP contribution in [0.1, 0.15) is 29.8 Å². The first-order valence-electron chi connectivity index (χ1n) is 8.89. The number of aromatic nitrogens is 1. The highest BCUT2D eigenvalue weighted by molar-refractivity contribution is 7.89. The van der Waals surface area contributed by atoms with Gasteiger partial charge in [0.15, 0.2) is 0 Å². The molecule has 0 spiro atoms. The molecule has 1 heterocycles. The number of aryl methyl sites for hydroxylation is 1. The van der Waals surface area contributed by atoms with Gasteiger partial charge in [-0.1, -0.05) is 31.3 Å². The molecule has 0 fully saturated rings. The summed E-state index contributed by atoms with van der Waals surface area (Å²) in [6.45, 7) is 6.38. The number of hydrazine groups is 1. The Kier molecular flexibility index (Phi) is 5.97. The predicted molar refractivity (Wildman–Crippen MR) is 112 cm³/mol. The summed E-state index contributed by atoms with van der Waals surface area (Å²) in [7, 11) is -3.54. The van der Waals surface area contributed by atoms with E-state index in [4.69, 9.17) is 0 Å². The van der Waals surface area contributed by atoms with Crippen LogP contribution in [-0.4, -0.2) is 36.7 Å². The van der Waals surface area contributed by atoms with Gasteiger partial charge in [0, 0.05) is 18.7 Å². The minimum absolute atomic E-state index is 0.169. The van der Waals surface area contributed by atoms with Gasteiger partial charge in [0.1, 0.15) is 0 Å². The van der Waals surface area contributed by atoms with Gasteiger partial charge in [-0.2, -0.15) is 4.31 Å². The topological polar surface area (TPSA) is 91.4 Å². The molecule has 0 atom stereocenters. The highest BCUT2D eigenvalue weighted by Gasteiger charge is 2.21. The average Bonchev–Trinajstić information content (AvgIpc) is 3.09. The molecule has 0 unspecified atom stereocenters. The molecule has 3 rings (SSSR count). The predicted octanol–water partition coefficient (Wildman–Crippen LogP) is 3.39. The molecule has 2 aromatic carbocycles. The molecule has 0 aliphatic rings. The van der Waals surface area contributed by atoms with Crippen molar-refractivity contribution in [1.29, 1.82) is 0 Å². The van der Waals surface area contributed by atoms with Crippen molar-refractivity contribution in [3.63, 3.8) is 0 Å². The lowest BCUT2D eigenvalue weighted by Gasteiger charge is -2.18. The van der Waals surface area contributed by atoms with E-state index in [2.05, 4.69) is 15.8 Å². The van der Waals surface area contributed by atoms with E-state index in [1.54, 1.807) is 13.8 Å². The lowest BCUT2D eigenvalue weighted by Crippen LogP contribution is -2.31. The van der Waals surface area contributed by atoms with Gasteiger partial charge in [0.05, 0.1) is 15.1 Å². The van der Waals surface area contributed by atoms with Crippen LogP contribution in [0.25, 0.3) is 10.2 Å². The molecule has 0 aliphatic heterocycles. The summed E-state index contributed by atoms with van der Waals surface area (Å²) in [6, 6.07) is 11.8. The van der Waals surface area contributed by atoms with Crippen LogP contribution in [0.3, 0.4) is 0 Å². The van der Waals surface area contributed by atoms with E-state index in [1.165, 1.54) is 39.9 Å². The summed E-state index contributed by atoms with van der Waals surface area (Å²) in [5.74, 6) is -0.373. The van der Waals surface area contributed by atoms with E-state index in [0.717, 1.165) is 15.8 Å². The van der Waals surface area contributed by atoms with E-state index in [-0.39, 0.29) is 10.8 Å². The molecular weight excluding hydrogens is 396 g/mol. The quantitative estimate of drug-likeness (QED) is 0.574. The Morgan fingerprint density at radius 2 is 1.79 bits per heavy atom. The van der Waals surface area contributed by atoms with Crippen LogP contribution in [0.2, 0.25) is 0 Å². The number of thiazole rings is 1. The first-order valence-corrected chi connectivity index (χ1v) is 11.1. The van der Waals surface area contributed by atoms with Gasteiger partial charge < -0.3 is 0 Å². The number of benzene rings is 2.